The highest BCUT2D eigenvalue weighted by Gasteiger charge is 2.40. The minimum atomic E-state index is -0.718. The molecule has 0 aromatic heterocycles. The second-order valence-electron chi connectivity index (χ2n) is 14.2. The molecule has 1 unspecified atom stereocenters. The molecule has 3 aliphatic heterocycles. The van der Waals surface area contributed by atoms with Crippen molar-refractivity contribution in [2.45, 2.75) is 58.0 Å². The first kappa shape index (κ1) is 36.9. The quantitative estimate of drug-likeness (QED) is 0.0866. The van der Waals surface area contributed by atoms with E-state index in [2.05, 4.69) is 53.5 Å². The first-order valence-electron chi connectivity index (χ1n) is 19.0. The maximum Gasteiger partial charge on any atom is 0.255 e. The lowest BCUT2D eigenvalue weighted by atomic mass is 9.88. The minimum absolute atomic E-state index is 0.165. The number of phenolic OH excluding ortho intramolecular Hbond substituents is 1. The Hall–Kier alpha value is -5.48. The molecule has 4 aromatic carbocycles. The number of ether oxygens (including phenoxy) is 1. The number of benzene rings is 4. The number of amides is 3. The fourth-order valence-corrected chi connectivity index (χ4v) is 7.86. The van der Waals surface area contributed by atoms with Crippen molar-refractivity contribution in [3.63, 3.8) is 0 Å². The molecule has 4 aromatic rings. The van der Waals surface area contributed by atoms with E-state index in [1.165, 1.54) is 22.1 Å². The highest BCUT2D eigenvalue weighted by Crippen LogP contribution is 2.36. The fourth-order valence-electron chi connectivity index (χ4n) is 7.86. The summed E-state index contributed by atoms with van der Waals surface area (Å²) in [5, 5.41) is 12.2. The fraction of sp³-hybridized carbons (Fsp3) is 0.341. The molecule has 2 saturated heterocycles. The Bertz CT molecular complexity index is 2010. The topological polar surface area (TPSA) is 102 Å². The van der Waals surface area contributed by atoms with Gasteiger partial charge in [-0.2, -0.15) is 0 Å². The number of piperidine rings is 1. The number of nitrogens with zero attached hydrogens (tertiary/aromatic N) is 3. The molecule has 3 amide bonds. The highest BCUT2D eigenvalue weighted by molar-refractivity contribution is 6.05. The molecule has 0 spiro atoms. The van der Waals surface area contributed by atoms with Crippen LogP contribution in [0.3, 0.4) is 0 Å². The number of phenols is 1. The molecule has 1 atom stereocenters. The molecule has 0 aliphatic carbocycles. The third-order valence-electron chi connectivity index (χ3n) is 10.8. The minimum Gasteiger partial charge on any atom is -0.508 e. The molecule has 0 bridgehead atoms. The van der Waals surface area contributed by atoms with Gasteiger partial charge in [-0.15, -0.1) is 0 Å². The number of nitrogens with one attached hydrogen (secondary N) is 1. The third kappa shape index (κ3) is 8.19. The van der Waals surface area contributed by atoms with Crippen molar-refractivity contribution < 1.29 is 28.6 Å². The Morgan fingerprint density at radius 1 is 0.852 bits per heavy atom. The number of piperazine rings is 1. The molecule has 9 nitrogen and oxygen atoms in total. The Morgan fingerprint density at radius 3 is 2.24 bits per heavy atom. The molecule has 0 radical (unpaired) electrons. The lowest BCUT2D eigenvalue weighted by Gasteiger charge is -2.36. The van der Waals surface area contributed by atoms with Crippen LogP contribution in [0.15, 0.2) is 91.0 Å². The van der Waals surface area contributed by atoms with Crippen molar-refractivity contribution >= 4 is 34.6 Å². The lowest BCUT2D eigenvalue weighted by Crippen LogP contribution is -2.52. The summed E-state index contributed by atoms with van der Waals surface area (Å²) >= 11 is 0. The summed E-state index contributed by atoms with van der Waals surface area (Å²) in [5.41, 5.74) is 7.13. The SMILES string of the molecule is CC/C(=C(\c1ccc(O)cc1)c1ccc(OCCCCCN2CCN(c3cc4c(cc3F)CN(C3CCC(=O)NC3=O)C4=O)CC2)cc1)c1ccccc1. The summed E-state index contributed by atoms with van der Waals surface area (Å²) in [6.45, 7) is 6.86. The number of aromatic hydroxyl groups is 1. The molecular formula is C44H47FN4O5. The van der Waals surface area contributed by atoms with Crippen molar-refractivity contribution in [3.8, 4) is 11.5 Å². The van der Waals surface area contributed by atoms with Crippen LogP contribution in [0.4, 0.5) is 10.1 Å². The Kier molecular flexibility index (Phi) is 11.4. The zero-order valence-corrected chi connectivity index (χ0v) is 30.7. The number of unbranched alkanes of at least 4 members (excludes halogenated alkanes) is 2. The van der Waals surface area contributed by atoms with Crippen LogP contribution < -0.4 is 15.0 Å². The van der Waals surface area contributed by atoms with Crippen molar-refractivity contribution in [3.05, 3.63) is 125 Å². The zero-order chi connectivity index (χ0) is 37.6. The van der Waals surface area contributed by atoms with Crippen molar-refractivity contribution in [2.24, 2.45) is 0 Å². The van der Waals surface area contributed by atoms with Crippen LogP contribution in [0.1, 0.15) is 78.1 Å². The molecule has 0 saturated carbocycles. The van der Waals surface area contributed by atoms with Gasteiger partial charge < -0.3 is 19.6 Å². The number of allylic oxidation sites excluding steroid dienone is 1. The molecule has 7 rings (SSSR count). The van der Waals surface area contributed by atoms with Crippen LogP contribution in [0.5, 0.6) is 11.5 Å². The van der Waals surface area contributed by atoms with E-state index in [1.807, 2.05) is 35.2 Å². The van der Waals surface area contributed by atoms with E-state index >= 15 is 4.39 Å². The second kappa shape index (κ2) is 16.7. The summed E-state index contributed by atoms with van der Waals surface area (Å²) in [6.07, 6.45) is 4.34. The van der Waals surface area contributed by atoms with Gasteiger partial charge in [-0.1, -0.05) is 61.5 Å². The van der Waals surface area contributed by atoms with Gasteiger partial charge in [0.25, 0.3) is 5.91 Å². The molecular weight excluding hydrogens is 684 g/mol. The first-order chi connectivity index (χ1) is 26.3. The number of fused-ring (bicyclic) bond motifs is 1. The van der Waals surface area contributed by atoms with Crippen LogP contribution in [0.2, 0.25) is 0 Å². The first-order valence-corrected chi connectivity index (χ1v) is 19.0. The van der Waals surface area contributed by atoms with E-state index in [9.17, 15) is 19.5 Å². The van der Waals surface area contributed by atoms with Crippen molar-refractivity contribution in [1.82, 2.24) is 15.1 Å². The zero-order valence-electron chi connectivity index (χ0n) is 30.7. The van der Waals surface area contributed by atoms with Crippen LogP contribution in [0.25, 0.3) is 11.1 Å². The average molecular weight is 731 g/mol. The molecule has 2 N–H and O–H groups in total. The smallest absolute Gasteiger partial charge is 0.255 e. The van der Waals surface area contributed by atoms with Gasteiger partial charge in [0.05, 0.1) is 12.3 Å². The number of hydrogen-bond acceptors (Lipinski definition) is 7. The predicted octanol–water partition coefficient (Wildman–Crippen LogP) is 7.03. The number of halogens is 1. The van der Waals surface area contributed by atoms with Crippen LogP contribution >= 0.6 is 0 Å². The Balaban J connectivity index is 0.866. The van der Waals surface area contributed by atoms with Crippen molar-refractivity contribution in [2.75, 3.05) is 44.2 Å². The number of carbonyl (C=O) groups is 3. The average Bonchev–Trinajstić information content (AvgIpc) is 3.50. The summed E-state index contributed by atoms with van der Waals surface area (Å²) < 4.78 is 21.4. The van der Waals surface area contributed by atoms with Gasteiger partial charge in [0.15, 0.2) is 0 Å². The van der Waals surface area contributed by atoms with Crippen LogP contribution in [0, 0.1) is 5.82 Å². The normalized spacial score (nSPS) is 18.0. The van der Waals surface area contributed by atoms with E-state index in [1.54, 1.807) is 18.2 Å². The Labute approximate surface area is 316 Å². The standard InChI is InChI=1S/C44H47FN4O5/c1-2-36(30-9-5-3-6-10-30)42(31-11-15-34(50)16-12-31)32-13-17-35(18-14-32)54-26-8-4-7-21-47-22-24-48(25-23-47)40-28-37-33(27-38(40)45)29-49(44(37)53)39-19-20-41(51)46-43(39)52/h3,5-6,9-18,27-28,39,50H,2,4,7-8,19-26,29H2,1H3,(H,46,51,52)/b42-36-. The van der Waals surface area contributed by atoms with Crippen molar-refractivity contribution in [1.29, 1.82) is 0 Å². The Morgan fingerprint density at radius 2 is 1.56 bits per heavy atom. The van der Waals surface area contributed by atoms with Crippen LogP contribution in [-0.4, -0.2) is 78.0 Å². The summed E-state index contributed by atoms with van der Waals surface area (Å²) in [6, 6.07) is 28.4. The van der Waals surface area contributed by atoms with Gasteiger partial charge in [-0.25, -0.2) is 4.39 Å². The van der Waals surface area contributed by atoms with Crippen LogP contribution in [-0.2, 0) is 16.1 Å². The van der Waals surface area contributed by atoms with Gasteiger partial charge in [0.2, 0.25) is 11.8 Å². The van der Waals surface area contributed by atoms with Gasteiger partial charge in [-0.05, 0) is 108 Å². The molecule has 280 valence electrons. The number of rotatable bonds is 13. The van der Waals surface area contributed by atoms with Gasteiger partial charge in [-0.3, -0.25) is 24.6 Å². The molecule has 3 aliphatic rings. The van der Waals surface area contributed by atoms with E-state index in [0.29, 0.717) is 36.5 Å². The van der Waals surface area contributed by atoms with E-state index in [-0.39, 0.29) is 42.8 Å². The summed E-state index contributed by atoms with van der Waals surface area (Å²) in [7, 11) is 0. The third-order valence-corrected chi connectivity index (χ3v) is 10.8. The van der Waals surface area contributed by atoms with E-state index in [4.69, 9.17) is 4.74 Å². The largest absolute Gasteiger partial charge is 0.508 e. The lowest BCUT2D eigenvalue weighted by molar-refractivity contribution is -0.136. The maximum absolute atomic E-state index is 15.3. The number of hydrogen-bond donors (Lipinski definition) is 2. The second-order valence-corrected chi connectivity index (χ2v) is 14.2. The maximum atomic E-state index is 15.3. The van der Waals surface area contributed by atoms with Gasteiger partial charge >= 0.3 is 0 Å². The number of imide groups is 1. The summed E-state index contributed by atoms with van der Waals surface area (Å²) in [5.74, 6) is -0.374. The number of anilines is 1. The molecule has 2 fully saturated rings. The molecule has 3 heterocycles. The van der Waals surface area contributed by atoms with Gasteiger partial charge in [0, 0.05) is 44.7 Å². The predicted molar refractivity (Wildman–Crippen MR) is 208 cm³/mol. The van der Waals surface area contributed by atoms with E-state index in [0.717, 1.165) is 67.8 Å². The highest BCUT2D eigenvalue weighted by atomic mass is 19.1. The van der Waals surface area contributed by atoms with Gasteiger partial charge in [0.1, 0.15) is 23.4 Å². The van der Waals surface area contributed by atoms with E-state index < -0.39 is 11.9 Å². The molecule has 54 heavy (non-hydrogen) atoms. The number of carbonyl (C=O) groups excluding carboxylic acids is 3. The summed E-state index contributed by atoms with van der Waals surface area (Å²) in [4.78, 5) is 43.1. The monoisotopic (exact) mass is 730 g/mol. The molecule has 10 heteroatoms.